The molecule has 2 atom stereocenters. The van der Waals surface area contributed by atoms with Gasteiger partial charge >= 0.3 is 5.97 Å². The number of aromatic amines is 1. The third-order valence-electron chi connectivity index (χ3n) is 3.85. The van der Waals surface area contributed by atoms with E-state index in [1.54, 1.807) is 12.3 Å². The summed E-state index contributed by atoms with van der Waals surface area (Å²) in [6.07, 6.45) is 1.85. The Bertz CT molecular complexity index is 802. The van der Waals surface area contributed by atoms with Crippen molar-refractivity contribution in [3.8, 4) is 0 Å². The van der Waals surface area contributed by atoms with Crippen molar-refractivity contribution in [1.82, 2.24) is 15.6 Å². The fourth-order valence-corrected chi connectivity index (χ4v) is 2.47. The molecule has 1 aromatic carbocycles. The zero-order valence-corrected chi connectivity index (χ0v) is 13.9. The Morgan fingerprint density at radius 3 is 2.68 bits per heavy atom. The molecule has 0 aliphatic carbocycles. The standard InChI is InChI=1S/C17H20FN3O4/c1-9(17(24)25)7-20-16(23)15(21-10(2)22)5-11-8-19-14-6-12(18)3-4-13(11)14/h3-4,6,8-9,15,19H,5,7H2,1-2H3,(H,20,23)(H,21,22)(H,24,25). The van der Waals surface area contributed by atoms with Crippen LogP contribution < -0.4 is 10.6 Å². The molecular weight excluding hydrogens is 329 g/mol. The van der Waals surface area contributed by atoms with E-state index in [1.807, 2.05) is 0 Å². The van der Waals surface area contributed by atoms with Gasteiger partial charge in [0.15, 0.2) is 0 Å². The second kappa shape index (κ2) is 7.78. The van der Waals surface area contributed by atoms with E-state index in [0.717, 1.165) is 10.9 Å². The number of benzene rings is 1. The molecule has 1 heterocycles. The Labute approximate surface area is 143 Å². The van der Waals surface area contributed by atoms with Crippen molar-refractivity contribution in [2.24, 2.45) is 5.92 Å². The van der Waals surface area contributed by atoms with Gasteiger partial charge in [0.05, 0.1) is 5.92 Å². The number of amides is 2. The van der Waals surface area contributed by atoms with Gasteiger partial charge in [0.2, 0.25) is 11.8 Å². The number of halogens is 1. The number of H-pyrrole nitrogens is 1. The number of nitrogens with one attached hydrogen (secondary N) is 3. The second-order valence-electron chi connectivity index (χ2n) is 5.95. The molecule has 2 amide bonds. The minimum atomic E-state index is -1.02. The number of hydrogen-bond acceptors (Lipinski definition) is 3. The van der Waals surface area contributed by atoms with Gasteiger partial charge in [-0.2, -0.15) is 0 Å². The van der Waals surface area contributed by atoms with Gasteiger partial charge < -0.3 is 20.7 Å². The smallest absolute Gasteiger partial charge is 0.308 e. The summed E-state index contributed by atoms with van der Waals surface area (Å²) in [5.74, 6) is -2.98. The van der Waals surface area contributed by atoms with Crippen LogP contribution in [0.5, 0.6) is 0 Å². The molecule has 25 heavy (non-hydrogen) atoms. The average Bonchev–Trinajstić information content (AvgIpc) is 2.93. The highest BCUT2D eigenvalue weighted by atomic mass is 19.1. The summed E-state index contributed by atoms with van der Waals surface area (Å²) in [7, 11) is 0. The van der Waals surface area contributed by atoms with Crippen LogP contribution in [0.25, 0.3) is 10.9 Å². The first kappa shape index (κ1) is 18.4. The lowest BCUT2D eigenvalue weighted by atomic mass is 10.0. The Morgan fingerprint density at radius 2 is 2.04 bits per heavy atom. The van der Waals surface area contributed by atoms with Crippen LogP contribution in [0.3, 0.4) is 0 Å². The molecule has 0 spiro atoms. The zero-order chi connectivity index (χ0) is 18.6. The molecule has 0 bridgehead atoms. The highest BCUT2D eigenvalue weighted by molar-refractivity contribution is 5.89. The quantitative estimate of drug-likeness (QED) is 0.602. The predicted molar refractivity (Wildman–Crippen MR) is 89.4 cm³/mol. The van der Waals surface area contributed by atoms with Gasteiger partial charge in [-0.05, 0) is 23.8 Å². The molecule has 0 aliphatic rings. The molecule has 4 N–H and O–H groups in total. The Morgan fingerprint density at radius 1 is 1.32 bits per heavy atom. The molecular formula is C17H20FN3O4. The third kappa shape index (κ3) is 4.79. The molecule has 1 aromatic heterocycles. The summed E-state index contributed by atoms with van der Waals surface area (Å²) < 4.78 is 13.3. The average molecular weight is 349 g/mol. The largest absolute Gasteiger partial charge is 0.481 e. The number of hydrogen-bond donors (Lipinski definition) is 4. The minimum Gasteiger partial charge on any atom is -0.481 e. The number of carbonyl (C=O) groups excluding carboxylic acids is 2. The van der Waals surface area contributed by atoms with Crippen molar-refractivity contribution in [2.75, 3.05) is 6.54 Å². The normalized spacial score (nSPS) is 13.2. The van der Waals surface area contributed by atoms with Gasteiger partial charge in [0.25, 0.3) is 0 Å². The van der Waals surface area contributed by atoms with Crippen LogP contribution in [0.2, 0.25) is 0 Å². The van der Waals surface area contributed by atoms with Crippen LogP contribution in [-0.2, 0) is 20.8 Å². The molecule has 0 aliphatic heterocycles. The lowest BCUT2D eigenvalue weighted by Crippen LogP contribution is -2.48. The monoisotopic (exact) mass is 349 g/mol. The number of carbonyl (C=O) groups is 3. The van der Waals surface area contributed by atoms with Crippen molar-refractivity contribution in [1.29, 1.82) is 0 Å². The summed E-state index contributed by atoms with van der Waals surface area (Å²) in [6.45, 7) is 2.73. The van der Waals surface area contributed by atoms with E-state index in [-0.39, 0.29) is 24.7 Å². The SMILES string of the molecule is CC(=O)NC(Cc1c[nH]c2cc(F)ccc12)C(=O)NCC(C)C(=O)O. The first-order valence-electron chi connectivity index (χ1n) is 7.81. The fraction of sp³-hybridized carbons (Fsp3) is 0.353. The van der Waals surface area contributed by atoms with Crippen LogP contribution in [0.15, 0.2) is 24.4 Å². The lowest BCUT2D eigenvalue weighted by molar-refractivity contribution is -0.141. The lowest BCUT2D eigenvalue weighted by Gasteiger charge is -2.18. The minimum absolute atomic E-state index is 0.0383. The van der Waals surface area contributed by atoms with Crippen molar-refractivity contribution in [3.63, 3.8) is 0 Å². The van der Waals surface area contributed by atoms with E-state index in [0.29, 0.717) is 5.52 Å². The van der Waals surface area contributed by atoms with Gasteiger partial charge in [-0.25, -0.2) is 4.39 Å². The maximum Gasteiger partial charge on any atom is 0.308 e. The highest BCUT2D eigenvalue weighted by Crippen LogP contribution is 2.20. The molecule has 0 fully saturated rings. The van der Waals surface area contributed by atoms with Crippen LogP contribution in [0.4, 0.5) is 4.39 Å². The van der Waals surface area contributed by atoms with E-state index in [1.165, 1.54) is 26.0 Å². The van der Waals surface area contributed by atoms with Gasteiger partial charge in [-0.3, -0.25) is 14.4 Å². The first-order valence-corrected chi connectivity index (χ1v) is 7.81. The molecule has 2 unspecified atom stereocenters. The summed E-state index contributed by atoms with van der Waals surface area (Å²) >= 11 is 0. The van der Waals surface area contributed by atoms with E-state index in [2.05, 4.69) is 15.6 Å². The Hall–Kier alpha value is -2.90. The second-order valence-corrected chi connectivity index (χ2v) is 5.95. The van der Waals surface area contributed by atoms with Gasteiger partial charge in [0, 0.05) is 37.0 Å². The number of rotatable bonds is 7. The van der Waals surface area contributed by atoms with Crippen molar-refractivity contribution < 1.29 is 23.9 Å². The Kier molecular flexibility index (Phi) is 5.74. The molecule has 2 aromatic rings. The highest BCUT2D eigenvalue weighted by Gasteiger charge is 2.22. The number of aliphatic carboxylic acids is 1. The van der Waals surface area contributed by atoms with Crippen molar-refractivity contribution >= 4 is 28.7 Å². The molecule has 134 valence electrons. The van der Waals surface area contributed by atoms with E-state index in [4.69, 9.17) is 5.11 Å². The van der Waals surface area contributed by atoms with E-state index in [9.17, 15) is 18.8 Å². The summed E-state index contributed by atoms with van der Waals surface area (Å²) in [5.41, 5.74) is 1.34. The van der Waals surface area contributed by atoms with E-state index >= 15 is 0 Å². The van der Waals surface area contributed by atoms with Crippen LogP contribution >= 0.6 is 0 Å². The fourth-order valence-electron chi connectivity index (χ4n) is 2.47. The Balaban J connectivity index is 2.14. The van der Waals surface area contributed by atoms with Crippen LogP contribution in [0.1, 0.15) is 19.4 Å². The van der Waals surface area contributed by atoms with Crippen molar-refractivity contribution in [3.05, 3.63) is 35.8 Å². The zero-order valence-electron chi connectivity index (χ0n) is 13.9. The molecule has 2 rings (SSSR count). The molecule has 0 saturated carbocycles. The maximum atomic E-state index is 13.3. The van der Waals surface area contributed by atoms with Gasteiger partial charge in [-0.15, -0.1) is 0 Å². The number of carboxylic acids is 1. The topological polar surface area (TPSA) is 111 Å². The molecule has 0 saturated heterocycles. The van der Waals surface area contributed by atoms with Crippen LogP contribution in [-0.4, -0.2) is 40.5 Å². The number of carboxylic acid groups (broad SMARTS) is 1. The molecule has 0 radical (unpaired) electrons. The number of fused-ring (bicyclic) bond motifs is 1. The third-order valence-corrected chi connectivity index (χ3v) is 3.85. The first-order chi connectivity index (χ1) is 11.8. The summed E-state index contributed by atoms with van der Waals surface area (Å²) in [5, 5.41) is 14.7. The summed E-state index contributed by atoms with van der Waals surface area (Å²) in [6, 6.07) is 3.41. The van der Waals surface area contributed by atoms with Gasteiger partial charge in [0.1, 0.15) is 11.9 Å². The van der Waals surface area contributed by atoms with Crippen LogP contribution in [0, 0.1) is 11.7 Å². The summed E-state index contributed by atoms with van der Waals surface area (Å²) in [4.78, 5) is 37.5. The van der Waals surface area contributed by atoms with Gasteiger partial charge in [-0.1, -0.05) is 6.92 Å². The molecule has 8 heteroatoms. The maximum absolute atomic E-state index is 13.3. The van der Waals surface area contributed by atoms with E-state index < -0.39 is 23.8 Å². The predicted octanol–water partition coefficient (Wildman–Crippen LogP) is 1.19. The molecule has 7 nitrogen and oxygen atoms in total. The van der Waals surface area contributed by atoms with Crippen molar-refractivity contribution in [2.45, 2.75) is 26.3 Å². The number of aromatic nitrogens is 1.